The Labute approximate surface area is 138 Å². The lowest BCUT2D eigenvalue weighted by atomic mass is 10.1. The number of nitrogens with one attached hydrogen (secondary N) is 1. The molecular weight excluding hydrogens is 290 g/mol. The summed E-state index contributed by atoms with van der Waals surface area (Å²) in [6.07, 6.45) is 3.47. The number of likely N-dealkylation sites (N-methyl/N-ethyl adjacent to an activating group) is 1. The van der Waals surface area contributed by atoms with E-state index in [0.717, 1.165) is 26.1 Å². The summed E-state index contributed by atoms with van der Waals surface area (Å²) < 4.78 is 5.85. The second-order valence-corrected chi connectivity index (χ2v) is 6.83. The molecule has 0 saturated carbocycles. The van der Waals surface area contributed by atoms with Crippen LogP contribution in [0.3, 0.4) is 0 Å². The molecule has 2 atom stereocenters. The Bertz CT molecular complexity index is 547. The Kier molecular flexibility index (Phi) is 5.18. The van der Waals surface area contributed by atoms with E-state index >= 15 is 0 Å². The molecule has 1 amide bonds. The van der Waals surface area contributed by atoms with E-state index in [1.807, 2.05) is 43.3 Å². The number of carbonyl (C=O) groups excluding carboxylic acids is 1. The smallest absolute Gasteiger partial charge is 0.257 e. The normalized spacial score (nSPS) is 23.9. The average Bonchev–Trinajstić information content (AvgIpc) is 2.86. The maximum atomic E-state index is 13.0. The SMILES string of the molecule is CN(C)CCOc1ccccc1C(=O)N1CCC2CCC(C1)N2. The number of para-hydroxylation sites is 1. The van der Waals surface area contributed by atoms with Crippen LogP contribution in [0.2, 0.25) is 0 Å². The van der Waals surface area contributed by atoms with Crippen LogP contribution >= 0.6 is 0 Å². The van der Waals surface area contributed by atoms with Gasteiger partial charge in [0.25, 0.3) is 5.91 Å². The monoisotopic (exact) mass is 317 g/mol. The highest BCUT2D eigenvalue weighted by atomic mass is 16.5. The number of hydrogen-bond acceptors (Lipinski definition) is 4. The Balaban J connectivity index is 1.69. The van der Waals surface area contributed by atoms with Gasteiger partial charge in [-0.05, 0) is 45.5 Å². The van der Waals surface area contributed by atoms with Crippen LogP contribution in [0.15, 0.2) is 24.3 Å². The van der Waals surface area contributed by atoms with E-state index in [1.54, 1.807) is 0 Å². The zero-order valence-electron chi connectivity index (χ0n) is 14.1. The minimum Gasteiger partial charge on any atom is -0.491 e. The van der Waals surface area contributed by atoms with Gasteiger partial charge in [-0.25, -0.2) is 0 Å². The van der Waals surface area contributed by atoms with E-state index in [1.165, 1.54) is 12.8 Å². The van der Waals surface area contributed by atoms with Crippen molar-refractivity contribution in [1.82, 2.24) is 15.1 Å². The first-order chi connectivity index (χ1) is 11.1. The fourth-order valence-electron chi connectivity index (χ4n) is 3.41. The molecule has 5 heteroatoms. The van der Waals surface area contributed by atoms with E-state index < -0.39 is 0 Å². The van der Waals surface area contributed by atoms with E-state index in [0.29, 0.717) is 30.0 Å². The average molecular weight is 317 g/mol. The maximum Gasteiger partial charge on any atom is 0.257 e. The molecule has 2 heterocycles. The van der Waals surface area contributed by atoms with E-state index in [4.69, 9.17) is 4.74 Å². The van der Waals surface area contributed by atoms with Crippen molar-refractivity contribution in [1.29, 1.82) is 0 Å². The molecule has 2 aliphatic rings. The lowest BCUT2D eigenvalue weighted by Crippen LogP contribution is -2.39. The highest BCUT2D eigenvalue weighted by Crippen LogP contribution is 2.24. The van der Waals surface area contributed by atoms with Gasteiger partial charge in [0.1, 0.15) is 12.4 Å². The lowest BCUT2D eigenvalue weighted by molar-refractivity contribution is 0.0743. The summed E-state index contributed by atoms with van der Waals surface area (Å²) in [5.41, 5.74) is 0.684. The van der Waals surface area contributed by atoms with Gasteiger partial charge in [-0.3, -0.25) is 4.79 Å². The molecule has 2 fully saturated rings. The predicted molar refractivity (Wildman–Crippen MR) is 91.0 cm³/mol. The van der Waals surface area contributed by atoms with Crippen molar-refractivity contribution in [3.05, 3.63) is 29.8 Å². The number of amides is 1. The van der Waals surface area contributed by atoms with Crippen molar-refractivity contribution in [3.8, 4) is 5.75 Å². The number of ether oxygens (including phenoxy) is 1. The summed E-state index contributed by atoms with van der Waals surface area (Å²) in [6, 6.07) is 8.65. The maximum absolute atomic E-state index is 13.0. The number of carbonyl (C=O) groups is 1. The van der Waals surface area contributed by atoms with Crippen LogP contribution in [-0.4, -0.2) is 68.1 Å². The van der Waals surface area contributed by atoms with Crippen molar-refractivity contribution in [2.75, 3.05) is 40.3 Å². The molecule has 0 aromatic heterocycles. The van der Waals surface area contributed by atoms with Crippen LogP contribution < -0.4 is 10.1 Å². The Morgan fingerprint density at radius 2 is 2.04 bits per heavy atom. The number of nitrogens with zero attached hydrogens (tertiary/aromatic N) is 2. The minimum absolute atomic E-state index is 0.0970. The summed E-state index contributed by atoms with van der Waals surface area (Å²) in [4.78, 5) is 17.0. The molecular formula is C18H27N3O2. The van der Waals surface area contributed by atoms with Gasteiger partial charge in [0.05, 0.1) is 5.56 Å². The van der Waals surface area contributed by atoms with Crippen LogP contribution in [0.1, 0.15) is 29.6 Å². The highest BCUT2D eigenvalue weighted by Gasteiger charge is 2.32. The molecule has 0 radical (unpaired) electrons. The third-order valence-electron chi connectivity index (χ3n) is 4.72. The molecule has 0 spiro atoms. The zero-order valence-corrected chi connectivity index (χ0v) is 14.1. The molecule has 0 aliphatic carbocycles. The Morgan fingerprint density at radius 1 is 1.26 bits per heavy atom. The van der Waals surface area contributed by atoms with Gasteiger partial charge in [0.2, 0.25) is 0 Å². The van der Waals surface area contributed by atoms with Crippen molar-refractivity contribution in [2.45, 2.75) is 31.3 Å². The van der Waals surface area contributed by atoms with E-state index in [2.05, 4.69) is 10.2 Å². The molecule has 1 aromatic rings. The summed E-state index contributed by atoms with van der Waals surface area (Å²) in [5, 5.41) is 3.62. The van der Waals surface area contributed by atoms with Crippen molar-refractivity contribution < 1.29 is 9.53 Å². The molecule has 3 rings (SSSR count). The molecule has 5 nitrogen and oxygen atoms in total. The van der Waals surface area contributed by atoms with E-state index in [-0.39, 0.29) is 5.91 Å². The molecule has 126 valence electrons. The second kappa shape index (κ2) is 7.32. The Hall–Kier alpha value is -1.59. The summed E-state index contributed by atoms with van der Waals surface area (Å²) >= 11 is 0. The topological polar surface area (TPSA) is 44.8 Å². The fraction of sp³-hybridized carbons (Fsp3) is 0.611. The summed E-state index contributed by atoms with van der Waals surface area (Å²) in [7, 11) is 4.03. The Morgan fingerprint density at radius 3 is 2.87 bits per heavy atom. The van der Waals surface area contributed by atoms with Crippen LogP contribution in [0.4, 0.5) is 0 Å². The zero-order chi connectivity index (χ0) is 16.2. The highest BCUT2D eigenvalue weighted by molar-refractivity contribution is 5.97. The number of rotatable bonds is 5. The number of likely N-dealkylation sites (tertiary alicyclic amines) is 1. The predicted octanol–water partition coefficient (Wildman–Crippen LogP) is 1.59. The summed E-state index contributed by atoms with van der Waals surface area (Å²) in [6.45, 7) is 3.06. The molecule has 2 bridgehead atoms. The number of benzene rings is 1. The molecule has 1 aromatic carbocycles. The van der Waals surface area contributed by atoms with Gasteiger partial charge in [0.15, 0.2) is 0 Å². The van der Waals surface area contributed by atoms with Crippen molar-refractivity contribution in [2.24, 2.45) is 0 Å². The number of fused-ring (bicyclic) bond motifs is 2. The van der Waals surface area contributed by atoms with Crippen LogP contribution in [0.25, 0.3) is 0 Å². The van der Waals surface area contributed by atoms with Gasteiger partial charge in [-0.1, -0.05) is 12.1 Å². The van der Waals surface area contributed by atoms with E-state index in [9.17, 15) is 4.79 Å². The molecule has 2 saturated heterocycles. The fourth-order valence-corrected chi connectivity index (χ4v) is 3.41. The minimum atomic E-state index is 0.0970. The first-order valence-electron chi connectivity index (χ1n) is 8.55. The molecule has 2 aliphatic heterocycles. The molecule has 23 heavy (non-hydrogen) atoms. The molecule has 2 unspecified atom stereocenters. The third kappa shape index (κ3) is 4.03. The van der Waals surface area contributed by atoms with Crippen molar-refractivity contribution in [3.63, 3.8) is 0 Å². The quantitative estimate of drug-likeness (QED) is 0.896. The number of hydrogen-bond donors (Lipinski definition) is 1. The van der Waals surface area contributed by atoms with Gasteiger partial charge in [0, 0.05) is 31.7 Å². The summed E-state index contributed by atoms with van der Waals surface area (Å²) in [5.74, 6) is 0.793. The van der Waals surface area contributed by atoms with Crippen LogP contribution in [0.5, 0.6) is 5.75 Å². The standard InChI is InChI=1S/C18H27N3O2/c1-20(2)11-12-23-17-6-4-3-5-16(17)18(22)21-10-9-14-7-8-15(13-21)19-14/h3-6,14-15,19H,7-13H2,1-2H3. The van der Waals surface area contributed by atoms with Gasteiger partial charge < -0.3 is 19.9 Å². The first-order valence-corrected chi connectivity index (χ1v) is 8.55. The van der Waals surface area contributed by atoms with Gasteiger partial charge >= 0.3 is 0 Å². The van der Waals surface area contributed by atoms with Gasteiger partial charge in [-0.15, -0.1) is 0 Å². The largest absolute Gasteiger partial charge is 0.491 e. The lowest BCUT2D eigenvalue weighted by Gasteiger charge is -2.25. The second-order valence-electron chi connectivity index (χ2n) is 6.83. The van der Waals surface area contributed by atoms with Crippen molar-refractivity contribution >= 4 is 5.91 Å². The molecule has 1 N–H and O–H groups in total. The first kappa shape index (κ1) is 16.3. The van der Waals surface area contributed by atoms with Gasteiger partial charge in [-0.2, -0.15) is 0 Å². The van der Waals surface area contributed by atoms with Crippen LogP contribution in [-0.2, 0) is 0 Å². The third-order valence-corrected chi connectivity index (χ3v) is 4.72. The van der Waals surface area contributed by atoms with Crippen LogP contribution in [0, 0.1) is 0 Å².